The molecule has 16 heavy (non-hydrogen) atoms. The summed E-state index contributed by atoms with van der Waals surface area (Å²) >= 11 is 14.7. The third kappa shape index (κ3) is 3.27. The van der Waals surface area contributed by atoms with E-state index in [-0.39, 0.29) is 21.7 Å². The number of rotatable bonds is 2. The fourth-order valence-corrected chi connectivity index (χ4v) is 1.50. The van der Waals surface area contributed by atoms with Crippen LogP contribution in [0.3, 0.4) is 0 Å². The zero-order chi connectivity index (χ0) is 12.5. The number of halogens is 3. The van der Waals surface area contributed by atoms with Crippen molar-refractivity contribution in [1.29, 1.82) is 0 Å². The molecule has 0 spiro atoms. The highest BCUT2D eigenvalue weighted by atomic mass is 79.9. The molecule has 1 rings (SSSR count). The van der Waals surface area contributed by atoms with Crippen LogP contribution in [-0.2, 0) is 4.79 Å². The van der Waals surface area contributed by atoms with Crippen molar-refractivity contribution in [2.75, 3.05) is 5.32 Å². The van der Waals surface area contributed by atoms with Gasteiger partial charge in [0.05, 0.1) is 14.4 Å². The van der Waals surface area contributed by atoms with Gasteiger partial charge >= 0.3 is 0 Å². The van der Waals surface area contributed by atoms with Gasteiger partial charge in [-0.3, -0.25) is 4.79 Å². The second-order valence-electron chi connectivity index (χ2n) is 3.72. The first kappa shape index (κ1) is 13.6. The van der Waals surface area contributed by atoms with Crippen molar-refractivity contribution in [1.82, 2.24) is 0 Å². The monoisotopic (exact) mass is 325 g/mol. The number of phenols is 1. The Hall–Kier alpha value is -0.450. The van der Waals surface area contributed by atoms with Crippen LogP contribution in [0.2, 0.25) is 10.0 Å². The van der Waals surface area contributed by atoms with Gasteiger partial charge in [0.2, 0.25) is 5.91 Å². The van der Waals surface area contributed by atoms with Gasteiger partial charge in [-0.15, -0.1) is 0 Å². The highest BCUT2D eigenvalue weighted by molar-refractivity contribution is 9.10. The van der Waals surface area contributed by atoms with Crippen LogP contribution in [0.1, 0.15) is 13.8 Å². The van der Waals surface area contributed by atoms with E-state index < -0.39 is 4.32 Å². The maximum atomic E-state index is 11.6. The topological polar surface area (TPSA) is 49.3 Å². The van der Waals surface area contributed by atoms with Crippen molar-refractivity contribution in [3.8, 4) is 5.75 Å². The molecular weight excluding hydrogens is 317 g/mol. The van der Waals surface area contributed by atoms with E-state index in [0.29, 0.717) is 5.69 Å². The lowest BCUT2D eigenvalue weighted by Crippen LogP contribution is -2.30. The van der Waals surface area contributed by atoms with E-state index in [2.05, 4.69) is 21.2 Å². The number of benzene rings is 1. The lowest BCUT2D eigenvalue weighted by molar-refractivity contribution is -0.117. The molecule has 0 aliphatic carbocycles. The van der Waals surface area contributed by atoms with E-state index in [4.69, 9.17) is 23.2 Å². The number of anilines is 1. The third-order valence-electron chi connectivity index (χ3n) is 1.81. The lowest BCUT2D eigenvalue weighted by atomic mass is 10.2. The van der Waals surface area contributed by atoms with Crippen molar-refractivity contribution in [3.05, 3.63) is 22.2 Å². The average molecular weight is 327 g/mol. The van der Waals surface area contributed by atoms with Crippen molar-refractivity contribution in [2.45, 2.75) is 18.2 Å². The number of phenolic OH excluding ortho intramolecular Hbond substituents is 1. The molecule has 0 aliphatic heterocycles. The van der Waals surface area contributed by atoms with Crippen LogP contribution in [0.4, 0.5) is 5.69 Å². The maximum Gasteiger partial charge on any atom is 0.240 e. The summed E-state index contributed by atoms with van der Waals surface area (Å²) in [7, 11) is 0. The van der Waals surface area contributed by atoms with Gasteiger partial charge in [0.25, 0.3) is 0 Å². The Morgan fingerprint density at radius 1 is 1.38 bits per heavy atom. The molecule has 0 heterocycles. The maximum absolute atomic E-state index is 11.6. The summed E-state index contributed by atoms with van der Waals surface area (Å²) in [6.45, 7) is 3.43. The smallest absolute Gasteiger partial charge is 0.240 e. The van der Waals surface area contributed by atoms with Crippen LogP contribution >= 0.6 is 39.1 Å². The fraction of sp³-hybridized carbons (Fsp3) is 0.300. The lowest BCUT2D eigenvalue weighted by Gasteiger charge is -2.16. The summed E-state index contributed by atoms with van der Waals surface area (Å²) in [5.74, 6) is -0.426. The Balaban J connectivity index is 2.96. The van der Waals surface area contributed by atoms with Gasteiger partial charge in [0, 0.05) is 5.69 Å². The van der Waals surface area contributed by atoms with Crippen LogP contribution < -0.4 is 5.32 Å². The normalized spacial score (nSPS) is 11.3. The first-order valence-corrected chi connectivity index (χ1v) is 5.95. The Labute approximate surface area is 112 Å². The molecule has 6 heteroatoms. The van der Waals surface area contributed by atoms with Crippen LogP contribution in [0, 0.1) is 0 Å². The van der Waals surface area contributed by atoms with Crippen LogP contribution in [0.25, 0.3) is 0 Å². The first-order valence-electron chi connectivity index (χ1n) is 4.40. The molecule has 1 aromatic rings. The number of hydrogen-bond acceptors (Lipinski definition) is 2. The second kappa shape index (κ2) is 4.82. The molecule has 0 bridgehead atoms. The molecule has 2 N–H and O–H groups in total. The van der Waals surface area contributed by atoms with Crippen molar-refractivity contribution in [3.63, 3.8) is 0 Å². The molecule has 3 nitrogen and oxygen atoms in total. The minimum Gasteiger partial charge on any atom is -0.505 e. The van der Waals surface area contributed by atoms with Crippen LogP contribution in [0.15, 0.2) is 12.1 Å². The van der Waals surface area contributed by atoms with Gasteiger partial charge in [-0.05, 0) is 26.0 Å². The van der Waals surface area contributed by atoms with Crippen molar-refractivity contribution in [2.24, 2.45) is 0 Å². The van der Waals surface area contributed by atoms with E-state index in [0.717, 1.165) is 0 Å². The Morgan fingerprint density at radius 2 is 1.81 bits per heavy atom. The number of hydrogen-bond donors (Lipinski definition) is 2. The first-order chi connectivity index (χ1) is 7.21. The zero-order valence-corrected chi connectivity index (χ0v) is 11.7. The van der Waals surface area contributed by atoms with E-state index in [1.807, 2.05) is 0 Å². The quantitative estimate of drug-likeness (QED) is 0.641. The van der Waals surface area contributed by atoms with E-state index in [9.17, 15) is 9.90 Å². The minimum absolute atomic E-state index is 0.0928. The molecule has 1 amide bonds. The zero-order valence-electron chi connectivity index (χ0n) is 8.64. The van der Waals surface area contributed by atoms with Crippen molar-refractivity contribution >= 4 is 50.7 Å². The predicted molar refractivity (Wildman–Crippen MR) is 69.8 cm³/mol. The van der Waals surface area contributed by atoms with Gasteiger partial charge in [0.1, 0.15) is 0 Å². The molecule has 0 unspecified atom stereocenters. The Kier molecular flexibility index (Phi) is 4.10. The number of carbonyl (C=O) groups excluding carboxylic acids is 1. The summed E-state index contributed by atoms with van der Waals surface area (Å²) in [5.41, 5.74) is 0.435. The number of alkyl halides is 1. The summed E-state index contributed by atoms with van der Waals surface area (Å²) in [4.78, 5) is 11.6. The number of nitrogens with one attached hydrogen (secondary N) is 1. The standard InChI is InChI=1S/C10H10BrCl2NO2/c1-10(2,11)9(16)14-5-3-6(12)8(15)7(13)4-5/h3-4,15H,1-2H3,(H,14,16). The molecule has 88 valence electrons. The van der Waals surface area contributed by atoms with Crippen molar-refractivity contribution < 1.29 is 9.90 Å². The summed E-state index contributed by atoms with van der Waals surface area (Å²) < 4.78 is -0.691. The largest absolute Gasteiger partial charge is 0.505 e. The molecule has 0 fully saturated rings. The predicted octanol–water partition coefficient (Wildman–Crippen LogP) is 3.81. The van der Waals surface area contributed by atoms with E-state index in [1.165, 1.54) is 12.1 Å². The molecule has 0 saturated heterocycles. The van der Waals surface area contributed by atoms with Gasteiger partial charge in [-0.25, -0.2) is 0 Å². The molecule has 0 aliphatic rings. The highest BCUT2D eigenvalue weighted by Gasteiger charge is 2.23. The van der Waals surface area contributed by atoms with Gasteiger partial charge in [0.15, 0.2) is 5.75 Å². The van der Waals surface area contributed by atoms with E-state index in [1.54, 1.807) is 13.8 Å². The Bertz CT molecular complexity index is 406. The minimum atomic E-state index is -0.691. The average Bonchev–Trinajstić information content (AvgIpc) is 2.12. The summed E-state index contributed by atoms with van der Waals surface area (Å²) in [6.07, 6.45) is 0. The number of amides is 1. The molecule has 0 atom stereocenters. The fourth-order valence-electron chi connectivity index (χ4n) is 0.917. The second-order valence-corrected chi connectivity index (χ2v) is 6.51. The number of aromatic hydroxyl groups is 1. The van der Waals surface area contributed by atoms with Gasteiger partial charge < -0.3 is 10.4 Å². The molecule has 1 aromatic carbocycles. The molecule has 0 saturated carbocycles. The third-order valence-corrected chi connectivity index (χ3v) is 2.75. The van der Waals surface area contributed by atoms with E-state index >= 15 is 0 Å². The highest BCUT2D eigenvalue weighted by Crippen LogP contribution is 2.35. The summed E-state index contributed by atoms with van der Waals surface area (Å²) in [5, 5.41) is 12.1. The Morgan fingerprint density at radius 3 is 2.19 bits per heavy atom. The van der Waals surface area contributed by atoms with Gasteiger partial charge in [-0.1, -0.05) is 39.1 Å². The SMILES string of the molecule is CC(C)(Br)C(=O)Nc1cc(Cl)c(O)c(Cl)c1. The molecule has 0 radical (unpaired) electrons. The van der Waals surface area contributed by atoms with Gasteiger partial charge in [-0.2, -0.15) is 0 Å². The molecular formula is C10H10BrCl2NO2. The summed E-state index contributed by atoms with van der Waals surface area (Å²) in [6, 6.07) is 2.86. The van der Waals surface area contributed by atoms with Crippen LogP contribution in [0.5, 0.6) is 5.75 Å². The van der Waals surface area contributed by atoms with Crippen LogP contribution in [-0.4, -0.2) is 15.3 Å². The number of carbonyl (C=O) groups is 1. The molecule has 0 aromatic heterocycles.